The number of unbranched alkanes of at least 4 members (excludes halogenated alkanes) is 2. The van der Waals surface area contributed by atoms with Crippen molar-refractivity contribution >= 4 is 22.4 Å². The van der Waals surface area contributed by atoms with E-state index in [1.807, 2.05) is 80.3 Å². The number of ether oxygens (including phenoxy) is 5. The first kappa shape index (κ1) is 47.4. The minimum Gasteiger partial charge on any atom is -0.459 e. The summed E-state index contributed by atoms with van der Waals surface area (Å²) in [5, 5.41) is 37.1. The molecule has 0 radical (unpaired) electrons. The van der Waals surface area contributed by atoms with E-state index in [1.165, 1.54) is 0 Å². The third kappa shape index (κ3) is 9.95. The molecule has 358 valence electrons. The van der Waals surface area contributed by atoms with Crippen LogP contribution in [0.5, 0.6) is 28.7 Å². The van der Waals surface area contributed by atoms with Gasteiger partial charge in [-0.2, -0.15) is 5.26 Å². The molecule has 0 aromatic heterocycles. The molecule has 5 aromatic carbocycles. The Balaban J connectivity index is 1.26. The molecule has 5 aromatic rings. The van der Waals surface area contributed by atoms with Crippen molar-refractivity contribution in [2.24, 2.45) is 22.9 Å². The largest absolute Gasteiger partial charge is 0.459 e. The second-order valence-electron chi connectivity index (χ2n) is 19.4. The molecule has 2 N–H and O–H groups in total. The maximum atomic E-state index is 15.5. The van der Waals surface area contributed by atoms with Crippen LogP contribution in [-0.2, 0) is 16.1 Å². The number of fused-ring (bicyclic) bond motifs is 4. The van der Waals surface area contributed by atoms with Gasteiger partial charge >= 0.3 is 0 Å². The summed E-state index contributed by atoms with van der Waals surface area (Å²) in [5.41, 5.74) is 3.52. The summed E-state index contributed by atoms with van der Waals surface area (Å²) in [6.45, 7) is 10.5. The standard InChI is InChI=1S/C57H61N3O9/c1-5-28-66-57-52(60(55(63)40-19-16-37(34-58)17-20-40)35-38-18-24-50-51(29-38)65-36-64-50)33-48(59-69-56(2,3)4)46-31-42(14-8-10-26-61)45(15-9-11-27-62)53(54(46)57)47-32-44(23-25-49(47)68-57)67-43-22-21-39-12-6-7-13-41(39)30-43/h5-7,12-13,16-25,29-32,42,45,52-54,61-62H,1,8-11,14-15,26-28,33,35-36H2,2-4H3/t42-,45+,52-,53+,54+,57+/m0/s1. The third-order valence-corrected chi connectivity index (χ3v) is 13.7. The van der Waals surface area contributed by atoms with Crippen molar-refractivity contribution in [2.45, 2.75) is 95.6 Å². The lowest BCUT2D eigenvalue weighted by atomic mass is 9.55. The predicted octanol–water partition coefficient (Wildman–Crippen LogP) is 11.0. The number of oxime groups is 1. The molecule has 12 heteroatoms. The van der Waals surface area contributed by atoms with Crippen LogP contribution in [0, 0.1) is 29.1 Å². The summed E-state index contributed by atoms with van der Waals surface area (Å²) >= 11 is 0. The molecule has 2 aliphatic heterocycles. The Kier molecular flexibility index (Phi) is 14.1. The fraction of sp³-hybridized carbons (Fsp3) is 0.386. The number of rotatable bonds is 18. The highest BCUT2D eigenvalue weighted by Gasteiger charge is 2.65. The van der Waals surface area contributed by atoms with Crippen LogP contribution in [0.25, 0.3) is 10.8 Å². The van der Waals surface area contributed by atoms with Crippen LogP contribution in [0.4, 0.5) is 0 Å². The molecule has 1 saturated carbocycles. The van der Waals surface area contributed by atoms with Crippen molar-refractivity contribution in [3.63, 3.8) is 0 Å². The van der Waals surface area contributed by atoms with Gasteiger partial charge in [-0.05, 0) is 147 Å². The van der Waals surface area contributed by atoms with Crippen LogP contribution in [-0.4, -0.2) is 70.8 Å². The second kappa shape index (κ2) is 20.5. The summed E-state index contributed by atoms with van der Waals surface area (Å²) in [4.78, 5) is 23.7. The molecule has 12 nitrogen and oxygen atoms in total. The Morgan fingerprint density at radius 3 is 2.36 bits per heavy atom. The first-order valence-corrected chi connectivity index (χ1v) is 24.2. The van der Waals surface area contributed by atoms with Gasteiger partial charge in [-0.1, -0.05) is 66.5 Å². The number of carbonyl (C=O) groups excluding carboxylic acids is 1. The quantitative estimate of drug-likeness (QED) is 0.0493. The number of carbonyl (C=O) groups is 1. The maximum absolute atomic E-state index is 15.5. The van der Waals surface area contributed by atoms with Crippen molar-refractivity contribution in [3.8, 4) is 34.8 Å². The highest BCUT2D eigenvalue weighted by Crippen LogP contribution is 2.62. The molecule has 6 atom stereocenters. The van der Waals surface area contributed by atoms with Crippen molar-refractivity contribution in [1.82, 2.24) is 4.90 Å². The Labute approximate surface area is 404 Å². The molecule has 1 amide bonds. The van der Waals surface area contributed by atoms with Crippen LogP contribution in [0.3, 0.4) is 0 Å². The van der Waals surface area contributed by atoms with Gasteiger partial charge < -0.3 is 43.6 Å². The number of hydrogen-bond donors (Lipinski definition) is 2. The predicted molar refractivity (Wildman–Crippen MR) is 263 cm³/mol. The topological polar surface area (TPSA) is 152 Å². The third-order valence-electron chi connectivity index (χ3n) is 13.7. The van der Waals surface area contributed by atoms with Crippen molar-refractivity contribution < 1.29 is 43.5 Å². The molecule has 2 aliphatic carbocycles. The monoisotopic (exact) mass is 931 g/mol. The van der Waals surface area contributed by atoms with E-state index in [0.29, 0.717) is 58.4 Å². The molecular weight excluding hydrogens is 871 g/mol. The molecule has 0 saturated heterocycles. The van der Waals surface area contributed by atoms with E-state index in [2.05, 4.69) is 43.0 Å². The van der Waals surface area contributed by atoms with Gasteiger partial charge in [-0.25, -0.2) is 0 Å². The normalized spacial score (nSPS) is 22.7. The van der Waals surface area contributed by atoms with Crippen molar-refractivity contribution in [1.29, 1.82) is 5.26 Å². The van der Waals surface area contributed by atoms with E-state index >= 15 is 4.79 Å². The summed E-state index contributed by atoms with van der Waals surface area (Å²) < 4.78 is 33.0. The Hall–Kier alpha value is -6.65. The van der Waals surface area contributed by atoms with Crippen LogP contribution < -0.4 is 18.9 Å². The fourth-order valence-corrected chi connectivity index (χ4v) is 10.7. The second-order valence-corrected chi connectivity index (χ2v) is 19.4. The lowest BCUT2D eigenvalue weighted by Crippen LogP contribution is -2.70. The SMILES string of the molecule is C=CCO[C@@]12Oc3ccc(Oc4ccc5ccccc5c4)cc3[C@H]3[C@H](CCCCO)[C@@H](CCCCO)C=C(C(=NOC(C)(C)C)C[C@@H]1N(Cc1ccc4c(c1)OCO4)C(=O)c1ccc(C#N)cc1)[C@H]32. The fourth-order valence-electron chi connectivity index (χ4n) is 10.7. The minimum atomic E-state index is -1.51. The van der Waals surface area contributed by atoms with E-state index in [4.69, 9.17) is 33.7 Å². The number of amides is 1. The number of allylic oxidation sites excluding steroid dienone is 1. The highest BCUT2D eigenvalue weighted by molar-refractivity contribution is 6.03. The van der Waals surface area contributed by atoms with Crippen LogP contribution in [0.1, 0.15) is 98.7 Å². The summed E-state index contributed by atoms with van der Waals surface area (Å²) in [7, 11) is 0. The zero-order chi connectivity index (χ0) is 48.1. The number of nitrogens with zero attached hydrogens (tertiary/aromatic N) is 3. The van der Waals surface area contributed by atoms with Gasteiger partial charge in [0.2, 0.25) is 12.6 Å². The van der Waals surface area contributed by atoms with Crippen LogP contribution in [0.15, 0.2) is 133 Å². The van der Waals surface area contributed by atoms with E-state index in [0.717, 1.165) is 53.2 Å². The molecule has 1 fully saturated rings. The van der Waals surface area contributed by atoms with E-state index in [-0.39, 0.29) is 63.2 Å². The average molecular weight is 932 g/mol. The number of aliphatic hydroxyl groups excluding tert-OH is 2. The van der Waals surface area contributed by atoms with Crippen molar-refractivity contribution in [3.05, 3.63) is 150 Å². The first-order chi connectivity index (χ1) is 33.5. The summed E-state index contributed by atoms with van der Waals surface area (Å²) in [6, 6.07) is 33.9. The number of nitriles is 1. The molecule has 9 rings (SSSR count). The minimum absolute atomic E-state index is 0.00865. The zero-order valence-electron chi connectivity index (χ0n) is 39.6. The molecule has 0 spiro atoms. The van der Waals surface area contributed by atoms with Gasteiger partial charge in [0, 0.05) is 43.2 Å². The Morgan fingerprint density at radius 2 is 1.61 bits per heavy atom. The summed E-state index contributed by atoms with van der Waals surface area (Å²) in [6.07, 6.45) is 8.72. The van der Waals surface area contributed by atoms with Crippen molar-refractivity contribution in [2.75, 3.05) is 26.6 Å². The number of aliphatic hydroxyl groups is 2. The van der Waals surface area contributed by atoms with Gasteiger partial charge in [0.15, 0.2) is 11.5 Å². The lowest BCUT2D eigenvalue weighted by Gasteiger charge is -2.60. The van der Waals surface area contributed by atoms with E-state index in [1.54, 1.807) is 30.3 Å². The first-order valence-electron chi connectivity index (χ1n) is 24.2. The maximum Gasteiger partial charge on any atom is 0.254 e. The Bertz CT molecular complexity index is 2770. The smallest absolute Gasteiger partial charge is 0.254 e. The molecule has 0 unspecified atom stereocenters. The van der Waals surface area contributed by atoms with Gasteiger partial charge in [-0.15, -0.1) is 6.58 Å². The number of benzene rings is 5. The van der Waals surface area contributed by atoms with Crippen LogP contribution >= 0.6 is 0 Å². The molecule has 2 heterocycles. The Morgan fingerprint density at radius 1 is 0.884 bits per heavy atom. The van der Waals surface area contributed by atoms with Crippen LogP contribution in [0.2, 0.25) is 0 Å². The zero-order valence-corrected chi connectivity index (χ0v) is 39.6. The highest BCUT2D eigenvalue weighted by atomic mass is 16.7. The molecular formula is C57H61N3O9. The van der Waals surface area contributed by atoms with Gasteiger partial charge in [-0.3, -0.25) is 4.79 Å². The molecule has 69 heavy (non-hydrogen) atoms. The van der Waals surface area contributed by atoms with Gasteiger partial charge in [0.25, 0.3) is 5.91 Å². The van der Waals surface area contributed by atoms with Gasteiger partial charge in [0.05, 0.1) is 29.9 Å². The van der Waals surface area contributed by atoms with Gasteiger partial charge in [0.1, 0.15) is 28.9 Å². The lowest BCUT2D eigenvalue weighted by molar-refractivity contribution is -0.255. The average Bonchev–Trinajstić information content (AvgIpc) is 3.83. The molecule has 4 aliphatic rings. The number of hydrogen-bond acceptors (Lipinski definition) is 11. The molecule has 0 bridgehead atoms. The van der Waals surface area contributed by atoms with E-state index < -0.39 is 23.3 Å². The summed E-state index contributed by atoms with van der Waals surface area (Å²) in [5.74, 6) is 0.600. The van der Waals surface area contributed by atoms with E-state index in [9.17, 15) is 15.5 Å².